The van der Waals surface area contributed by atoms with Gasteiger partial charge < -0.3 is 15.4 Å². The summed E-state index contributed by atoms with van der Waals surface area (Å²) in [5.74, 6) is -0.795. The third kappa shape index (κ3) is 5.27. The first kappa shape index (κ1) is 22.5. The minimum absolute atomic E-state index is 0.0593. The highest BCUT2D eigenvalue weighted by Gasteiger charge is 2.25. The van der Waals surface area contributed by atoms with Gasteiger partial charge in [-0.05, 0) is 36.4 Å². The molecule has 7 nitrogen and oxygen atoms in total. The minimum Gasteiger partial charge on any atom is -0.495 e. The number of hydrogen-bond acceptors (Lipinski definition) is 6. The molecule has 0 unspecified atom stereocenters. The number of methoxy groups -OCH3 is 1. The molecule has 10 heteroatoms. The predicted octanol–water partition coefficient (Wildman–Crippen LogP) is 3.83. The standard InChI is InChI=1S/C20H21ClN2O5S2/c1-12(20(25)23-15-9-13(21)3-5-17(15)28-2)11-30(26,27)14-4-6-18-16(10-14)22-19(24)7-8-29-18/h3-6,9-10,12H,7-8,11H2,1-2H3,(H,22,24)(H,23,25)/t12-/m0/s1. The van der Waals surface area contributed by atoms with E-state index in [0.29, 0.717) is 34.3 Å². The average Bonchev–Trinajstić information content (AvgIpc) is 2.87. The van der Waals surface area contributed by atoms with Crippen molar-refractivity contribution in [2.45, 2.75) is 23.1 Å². The summed E-state index contributed by atoms with van der Waals surface area (Å²) < 4.78 is 31.0. The molecule has 2 N–H and O–H groups in total. The van der Waals surface area contributed by atoms with Gasteiger partial charge in [0.2, 0.25) is 11.8 Å². The Morgan fingerprint density at radius 3 is 2.80 bits per heavy atom. The number of benzene rings is 2. The van der Waals surface area contributed by atoms with Crippen molar-refractivity contribution < 1.29 is 22.7 Å². The molecule has 0 saturated heterocycles. The van der Waals surface area contributed by atoms with Crippen LogP contribution in [0, 0.1) is 5.92 Å². The van der Waals surface area contributed by atoms with E-state index in [0.717, 1.165) is 4.90 Å². The first-order valence-electron chi connectivity index (χ1n) is 9.13. The van der Waals surface area contributed by atoms with E-state index in [1.807, 2.05) is 0 Å². The molecule has 1 atom stereocenters. The predicted molar refractivity (Wildman–Crippen MR) is 118 cm³/mol. The van der Waals surface area contributed by atoms with E-state index >= 15 is 0 Å². The number of rotatable bonds is 6. The monoisotopic (exact) mass is 468 g/mol. The summed E-state index contributed by atoms with van der Waals surface area (Å²) in [6, 6.07) is 9.40. The smallest absolute Gasteiger partial charge is 0.228 e. The van der Waals surface area contributed by atoms with Crippen LogP contribution in [0.2, 0.25) is 5.02 Å². The zero-order chi connectivity index (χ0) is 21.9. The van der Waals surface area contributed by atoms with Gasteiger partial charge in [-0.1, -0.05) is 18.5 Å². The van der Waals surface area contributed by atoms with Crippen LogP contribution in [-0.2, 0) is 19.4 Å². The molecule has 3 rings (SSSR count). The summed E-state index contributed by atoms with van der Waals surface area (Å²) in [7, 11) is -2.30. The largest absolute Gasteiger partial charge is 0.495 e. The van der Waals surface area contributed by atoms with Crippen LogP contribution in [0.15, 0.2) is 46.2 Å². The van der Waals surface area contributed by atoms with Gasteiger partial charge in [0, 0.05) is 28.0 Å². The molecule has 0 aliphatic carbocycles. The molecule has 0 radical (unpaired) electrons. The van der Waals surface area contributed by atoms with Crippen LogP contribution in [0.25, 0.3) is 0 Å². The SMILES string of the molecule is COc1ccc(Cl)cc1NC(=O)[C@@H](C)CS(=O)(=O)c1ccc2c(c1)NC(=O)CCS2. The number of sulfone groups is 1. The first-order chi connectivity index (χ1) is 14.2. The summed E-state index contributed by atoms with van der Waals surface area (Å²) in [5, 5.41) is 5.81. The van der Waals surface area contributed by atoms with Crippen LogP contribution < -0.4 is 15.4 Å². The van der Waals surface area contributed by atoms with Gasteiger partial charge in [0.1, 0.15) is 5.75 Å². The molecule has 0 fully saturated rings. The second-order valence-corrected chi connectivity index (χ2v) is 10.4. The Morgan fingerprint density at radius 1 is 1.30 bits per heavy atom. The van der Waals surface area contributed by atoms with Crippen LogP contribution >= 0.6 is 23.4 Å². The van der Waals surface area contributed by atoms with E-state index in [1.165, 1.54) is 44.0 Å². The van der Waals surface area contributed by atoms with Gasteiger partial charge in [-0.2, -0.15) is 0 Å². The highest BCUT2D eigenvalue weighted by atomic mass is 35.5. The molecule has 2 aromatic carbocycles. The van der Waals surface area contributed by atoms with E-state index in [4.69, 9.17) is 16.3 Å². The van der Waals surface area contributed by atoms with Gasteiger partial charge >= 0.3 is 0 Å². The van der Waals surface area contributed by atoms with Crippen molar-refractivity contribution in [3.63, 3.8) is 0 Å². The Bertz CT molecular complexity index is 1090. The molecular weight excluding hydrogens is 448 g/mol. The van der Waals surface area contributed by atoms with Crippen molar-refractivity contribution in [2.24, 2.45) is 5.92 Å². The van der Waals surface area contributed by atoms with E-state index in [2.05, 4.69) is 10.6 Å². The average molecular weight is 469 g/mol. The number of carbonyl (C=O) groups excluding carboxylic acids is 2. The molecule has 2 amide bonds. The van der Waals surface area contributed by atoms with Crippen molar-refractivity contribution in [3.05, 3.63) is 41.4 Å². The molecule has 160 valence electrons. The van der Waals surface area contributed by atoms with Gasteiger partial charge in [0.15, 0.2) is 9.84 Å². The van der Waals surface area contributed by atoms with Crippen molar-refractivity contribution in [2.75, 3.05) is 29.2 Å². The highest BCUT2D eigenvalue weighted by molar-refractivity contribution is 7.99. The first-order valence-corrected chi connectivity index (χ1v) is 12.1. The van der Waals surface area contributed by atoms with Crippen LogP contribution in [0.1, 0.15) is 13.3 Å². The zero-order valence-corrected chi connectivity index (χ0v) is 18.8. The molecule has 1 aliphatic rings. The van der Waals surface area contributed by atoms with Gasteiger partial charge in [0.05, 0.1) is 29.1 Å². The van der Waals surface area contributed by atoms with Gasteiger partial charge in [-0.25, -0.2) is 8.42 Å². The summed E-state index contributed by atoms with van der Waals surface area (Å²) >= 11 is 7.46. The third-order valence-corrected chi connectivity index (χ3v) is 7.73. The number of fused-ring (bicyclic) bond motifs is 1. The van der Waals surface area contributed by atoms with Crippen LogP contribution in [0.4, 0.5) is 11.4 Å². The normalized spacial score (nSPS) is 14.8. The summed E-state index contributed by atoms with van der Waals surface area (Å²) in [4.78, 5) is 25.2. The number of halogens is 1. The minimum atomic E-state index is -3.76. The highest BCUT2D eigenvalue weighted by Crippen LogP contribution is 2.33. The van der Waals surface area contributed by atoms with E-state index in [-0.39, 0.29) is 16.6 Å². The van der Waals surface area contributed by atoms with E-state index in [9.17, 15) is 18.0 Å². The fourth-order valence-corrected chi connectivity index (χ4v) is 5.61. The lowest BCUT2D eigenvalue weighted by atomic mass is 10.2. The fourth-order valence-electron chi connectivity index (χ4n) is 2.93. The van der Waals surface area contributed by atoms with Crippen LogP contribution in [0.5, 0.6) is 5.75 Å². The number of anilines is 2. The molecule has 1 heterocycles. The number of thioether (sulfide) groups is 1. The summed E-state index contributed by atoms with van der Waals surface area (Å²) in [6.07, 6.45) is 0.367. The van der Waals surface area contributed by atoms with Crippen LogP contribution in [-0.4, -0.2) is 38.8 Å². The molecule has 0 bridgehead atoms. The molecule has 0 spiro atoms. The van der Waals surface area contributed by atoms with Crippen molar-refractivity contribution in [1.82, 2.24) is 0 Å². The van der Waals surface area contributed by atoms with Crippen molar-refractivity contribution in [3.8, 4) is 5.75 Å². The Balaban J connectivity index is 1.76. The van der Waals surface area contributed by atoms with Crippen molar-refractivity contribution >= 4 is 56.4 Å². The molecular formula is C20H21ClN2O5S2. The lowest BCUT2D eigenvalue weighted by Crippen LogP contribution is -2.27. The lowest BCUT2D eigenvalue weighted by Gasteiger charge is -2.15. The molecule has 0 aromatic heterocycles. The van der Waals surface area contributed by atoms with Gasteiger partial charge in [-0.15, -0.1) is 11.8 Å². The second kappa shape index (κ2) is 9.28. The maximum absolute atomic E-state index is 12.9. The summed E-state index contributed by atoms with van der Waals surface area (Å²) in [5.41, 5.74) is 0.841. The maximum atomic E-state index is 12.9. The fraction of sp³-hybridized carbons (Fsp3) is 0.300. The van der Waals surface area contributed by atoms with E-state index < -0.39 is 21.7 Å². The van der Waals surface area contributed by atoms with Gasteiger partial charge in [-0.3, -0.25) is 9.59 Å². The Hall–Kier alpha value is -2.23. The Labute approximate surface area is 184 Å². The van der Waals surface area contributed by atoms with Gasteiger partial charge in [0.25, 0.3) is 0 Å². The van der Waals surface area contributed by atoms with Crippen molar-refractivity contribution in [1.29, 1.82) is 0 Å². The molecule has 0 saturated carbocycles. The molecule has 1 aliphatic heterocycles. The van der Waals surface area contributed by atoms with Crippen LogP contribution in [0.3, 0.4) is 0 Å². The third-order valence-electron chi connectivity index (χ3n) is 4.51. The maximum Gasteiger partial charge on any atom is 0.228 e. The Morgan fingerprint density at radius 2 is 2.07 bits per heavy atom. The summed E-state index contributed by atoms with van der Waals surface area (Å²) in [6.45, 7) is 1.53. The second-order valence-electron chi connectivity index (χ2n) is 6.82. The Kier molecular flexibility index (Phi) is 6.95. The number of hydrogen-bond donors (Lipinski definition) is 2. The van der Waals surface area contributed by atoms with E-state index in [1.54, 1.807) is 18.2 Å². The molecule has 30 heavy (non-hydrogen) atoms. The lowest BCUT2D eigenvalue weighted by molar-refractivity contribution is -0.119. The number of carbonyl (C=O) groups is 2. The number of nitrogens with one attached hydrogen (secondary N) is 2. The number of ether oxygens (including phenoxy) is 1. The number of amides is 2. The topological polar surface area (TPSA) is 102 Å². The quantitative estimate of drug-likeness (QED) is 0.668. The molecule has 2 aromatic rings. The zero-order valence-electron chi connectivity index (χ0n) is 16.4.